The molecule has 0 aliphatic carbocycles. The van der Waals surface area contributed by atoms with E-state index in [0.29, 0.717) is 51.7 Å². The molecule has 2 aliphatic heterocycles. The van der Waals surface area contributed by atoms with Gasteiger partial charge in [-0.25, -0.2) is 8.42 Å². The normalized spacial score (nSPS) is 18.2. The summed E-state index contributed by atoms with van der Waals surface area (Å²) in [7, 11) is -3.60. The second kappa shape index (κ2) is 9.69. The van der Waals surface area contributed by atoms with Crippen LogP contribution in [0.25, 0.3) is 0 Å². The first-order valence-electron chi connectivity index (χ1n) is 11.5. The third kappa shape index (κ3) is 5.30. The van der Waals surface area contributed by atoms with Crippen molar-refractivity contribution >= 4 is 27.5 Å². The molecule has 2 aromatic rings. The lowest BCUT2D eigenvalue weighted by Crippen LogP contribution is -2.40. The van der Waals surface area contributed by atoms with Gasteiger partial charge < -0.3 is 14.6 Å². The molecule has 0 radical (unpaired) electrons. The number of benzene rings is 1. The van der Waals surface area contributed by atoms with Crippen LogP contribution in [0.3, 0.4) is 0 Å². The van der Waals surface area contributed by atoms with Crippen molar-refractivity contribution in [1.29, 1.82) is 0 Å². The maximum absolute atomic E-state index is 13.2. The quantitative estimate of drug-likeness (QED) is 0.667. The number of rotatable bonds is 7. The second-order valence-corrected chi connectivity index (χ2v) is 11.0. The van der Waals surface area contributed by atoms with Crippen LogP contribution in [-0.4, -0.2) is 50.2 Å². The minimum atomic E-state index is -3.60. The van der Waals surface area contributed by atoms with E-state index in [-0.39, 0.29) is 28.7 Å². The van der Waals surface area contributed by atoms with Gasteiger partial charge in [0.05, 0.1) is 11.2 Å². The Morgan fingerprint density at radius 3 is 2.61 bits per heavy atom. The van der Waals surface area contributed by atoms with Crippen LogP contribution < -0.4 is 10.2 Å². The molecule has 0 saturated carbocycles. The van der Waals surface area contributed by atoms with Crippen LogP contribution in [0.5, 0.6) is 0 Å². The molecule has 2 aliphatic rings. The van der Waals surface area contributed by atoms with E-state index in [1.807, 2.05) is 19.1 Å². The summed E-state index contributed by atoms with van der Waals surface area (Å²) in [5.74, 6) is 0.952. The lowest BCUT2D eigenvalue weighted by atomic mass is 9.94. The Kier molecular flexibility index (Phi) is 6.90. The Morgan fingerprint density at radius 1 is 1.18 bits per heavy atom. The van der Waals surface area contributed by atoms with E-state index in [4.69, 9.17) is 4.42 Å². The van der Waals surface area contributed by atoms with Gasteiger partial charge in [-0.05, 0) is 68.0 Å². The highest BCUT2D eigenvalue weighted by atomic mass is 32.2. The van der Waals surface area contributed by atoms with Crippen molar-refractivity contribution in [3.05, 3.63) is 47.9 Å². The van der Waals surface area contributed by atoms with E-state index in [9.17, 15) is 18.0 Å². The molecule has 33 heavy (non-hydrogen) atoms. The number of nitrogens with zero attached hydrogens (tertiary/aromatic N) is 2. The summed E-state index contributed by atoms with van der Waals surface area (Å²) >= 11 is 0. The molecule has 4 rings (SSSR count). The first-order chi connectivity index (χ1) is 15.7. The smallest absolute Gasteiger partial charge is 0.243 e. The zero-order valence-corrected chi connectivity index (χ0v) is 19.9. The number of furan rings is 1. The van der Waals surface area contributed by atoms with E-state index < -0.39 is 10.0 Å². The predicted octanol–water partition coefficient (Wildman–Crippen LogP) is 2.73. The first kappa shape index (κ1) is 23.5. The van der Waals surface area contributed by atoms with Crippen molar-refractivity contribution < 1.29 is 22.4 Å². The molecule has 1 N–H and O–H groups in total. The Balaban J connectivity index is 1.30. The molecular weight excluding hydrogens is 442 g/mol. The largest absolute Gasteiger partial charge is 0.469 e. The number of fused-ring (bicyclic) bond motifs is 1. The van der Waals surface area contributed by atoms with Crippen molar-refractivity contribution in [3.63, 3.8) is 0 Å². The molecule has 1 aromatic carbocycles. The predicted molar refractivity (Wildman–Crippen MR) is 124 cm³/mol. The third-order valence-electron chi connectivity index (χ3n) is 6.51. The molecule has 9 heteroatoms. The lowest BCUT2D eigenvalue weighted by molar-refractivity contribution is -0.123. The van der Waals surface area contributed by atoms with Gasteiger partial charge in [-0.15, -0.1) is 0 Å². The van der Waals surface area contributed by atoms with Gasteiger partial charge >= 0.3 is 0 Å². The number of hydrogen-bond acceptors (Lipinski definition) is 5. The number of carbonyl (C=O) groups is 2. The van der Waals surface area contributed by atoms with Crippen LogP contribution in [0.2, 0.25) is 0 Å². The highest BCUT2D eigenvalue weighted by Gasteiger charge is 2.32. The summed E-state index contributed by atoms with van der Waals surface area (Å²) in [5.41, 5.74) is 1.69. The van der Waals surface area contributed by atoms with Gasteiger partial charge in [-0.2, -0.15) is 4.31 Å². The van der Waals surface area contributed by atoms with Crippen LogP contribution in [0.1, 0.15) is 44.4 Å². The maximum Gasteiger partial charge on any atom is 0.243 e. The molecule has 8 nitrogen and oxygen atoms in total. The molecule has 1 saturated heterocycles. The topological polar surface area (TPSA) is 99.9 Å². The summed E-state index contributed by atoms with van der Waals surface area (Å²) < 4.78 is 33.2. The van der Waals surface area contributed by atoms with Gasteiger partial charge in [0, 0.05) is 51.1 Å². The van der Waals surface area contributed by atoms with E-state index in [0.717, 1.165) is 17.0 Å². The Labute approximate surface area is 195 Å². The molecule has 1 fully saturated rings. The van der Waals surface area contributed by atoms with Crippen LogP contribution in [-0.2, 0) is 32.5 Å². The Bertz CT molecular complexity index is 1110. The Morgan fingerprint density at radius 2 is 1.94 bits per heavy atom. The van der Waals surface area contributed by atoms with Crippen molar-refractivity contribution in [1.82, 2.24) is 9.62 Å². The molecular formula is C24H31N3O5S. The first-order valence-corrected chi connectivity index (χ1v) is 12.9. The molecule has 178 valence electrons. The average molecular weight is 474 g/mol. The van der Waals surface area contributed by atoms with Gasteiger partial charge in [0.15, 0.2) is 0 Å². The molecule has 0 unspecified atom stereocenters. The molecule has 1 atom stereocenters. The summed E-state index contributed by atoms with van der Waals surface area (Å²) in [6.45, 7) is 4.85. The maximum atomic E-state index is 13.2. The molecule has 0 spiro atoms. The standard InChI is InChI=1S/C24H31N3O5S/c1-17(14-21-4-3-13-32-21)25-24(29)15-19-7-10-26(11-8-19)33(30,31)22-5-6-23-20(16-22)9-12-27(23)18(2)28/h3-6,13,16-17,19H,7-12,14-15H2,1-2H3,(H,25,29)/t17-/m0/s1. The number of piperidine rings is 1. The lowest BCUT2D eigenvalue weighted by Gasteiger charge is -2.31. The number of sulfonamides is 1. The molecule has 2 amide bonds. The number of nitrogens with one attached hydrogen (secondary N) is 1. The van der Waals surface area contributed by atoms with Gasteiger partial charge in [0.1, 0.15) is 5.76 Å². The average Bonchev–Trinajstić information content (AvgIpc) is 3.43. The zero-order chi connectivity index (χ0) is 23.6. The fourth-order valence-corrected chi connectivity index (χ4v) is 6.27. The number of amides is 2. The van der Waals surface area contributed by atoms with Crippen molar-refractivity contribution in [3.8, 4) is 0 Å². The van der Waals surface area contributed by atoms with Crippen LogP contribution in [0.15, 0.2) is 45.9 Å². The fraction of sp³-hybridized carbons (Fsp3) is 0.500. The minimum Gasteiger partial charge on any atom is -0.469 e. The van der Waals surface area contributed by atoms with Gasteiger partial charge in [0.25, 0.3) is 0 Å². The number of carbonyl (C=O) groups excluding carboxylic acids is 2. The second-order valence-electron chi connectivity index (χ2n) is 9.01. The molecule has 3 heterocycles. The summed E-state index contributed by atoms with van der Waals surface area (Å²) in [5, 5.41) is 3.01. The third-order valence-corrected chi connectivity index (χ3v) is 8.40. The number of hydrogen-bond donors (Lipinski definition) is 1. The van der Waals surface area contributed by atoms with Crippen LogP contribution in [0.4, 0.5) is 5.69 Å². The van der Waals surface area contributed by atoms with Gasteiger partial charge in [0.2, 0.25) is 21.8 Å². The summed E-state index contributed by atoms with van der Waals surface area (Å²) in [6, 6.07) is 8.72. The fourth-order valence-electron chi connectivity index (χ4n) is 4.75. The van der Waals surface area contributed by atoms with Crippen LogP contribution in [0, 0.1) is 5.92 Å². The van der Waals surface area contributed by atoms with E-state index >= 15 is 0 Å². The molecule has 0 bridgehead atoms. The van der Waals surface area contributed by atoms with E-state index in [2.05, 4.69) is 5.32 Å². The van der Waals surface area contributed by atoms with Crippen molar-refractivity contribution in [2.24, 2.45) is 5.92 Å². The highest BCUT2D eigenvalue weighted by molar-refractivity contribution is 7.89. The monoisotopic (exact) mass is 473 g/mol. The number of anilines is 1. The molecule has 1 aromatic heterocycles. The van der Waals surface area contributed by atoms with E-state index in [1.165, 1.54) is 11.2 Å². The zero-order valence-electron chi connectivity index (χ0n) is 19.1. The summed E-state index contributed by atoms with van der Waals surface area (Å²) in [6.07, 6.45) is 4.63. The van der Waals surface area contributed by atoms with Crippen molar-refractivity contribution in [2.75, 3.05) is 24.5 Å². The Hall–Kier alpha value is -2.65. The van der Waals surface area contributed by atoms with Gasteiger partial charge in [-0.3, -0.25) is 9.59 Å². The van der Waals surface area contributed by atoms with Crippen LogP contribution >= 0.6 is 0 Å². The van der Waals surface area contributed by atoms with Gasteiger partial charge in [-0.1, -0.05) is 0 Å². The highest BCUT2D eigenvalue weighted by Crippen LogP contribution is 2.32. The summed E-state index contributed by atoms with van der Waals surface area (Å²) in [4.78, 5) is 26.1. The minimum absolute atomic E-state index is 0.0102. The SMILES string of the molecule is CC(=O)N1CCc2cc(S(=O)(=O)N3CCC(CC(=O)N[C@@H](C)Cc4ccco4)CC3)ccc21. The van der Waals surface area contributed by atoms with Crippen molar-refractivity contribution in [2.45, 2.75) is 56.9 Å². The van der Waals surface area contributed by atoms with E-state index in [1.54, 1.807) is 29.4 Å².